The second kappa shape index (κ2) is 11.4. The number of para-hydroxylation sites is 3. The van der Waals surface area contributed by atoms with Crippen LogP contribution in [0.25, 0.3) is 77.2 Å². The van der Waals surface area contributed by atoms with Crippen LogP contribution in [-0.2, 0) is 0 Å². The number of nitriles is 3. The van der Waals surface area contributed by atoms with Gasteiger partial charge in [0.1, 0.15) is 0 Å². The molecule has 5 heteroatoms. The van der Waals surface area contributed by atoms with Gasteiger partial charge in [-0.2, -0.15) is 15.8 Å². The topological polar surface area (TPSA) is 81.2 Å². The van der Waals surface area contributed by atoms with E-state index < -0.39 is 0 Å². The molecule has 0 aliphatic rings. The lowest BCUT2D eigenvalue weighted by atomic mass is 9.94. The van der Waals surface area contributed by atoms with Crippen LogP contribution in [0.3, 0.4) is 0 Å². The second-order valence-corrected chi connectivity index (χ2v) is 12.4. The Morgan fingerprint density at radius 2 is 0.920 bits per heavy atom. The highest BCUT2D eigenvalue weighted by atomic mass is 15.0. The van der Waals surface area contributed by atoms with Gasteiger partial charge >= 0.3 is 0 Å². The Morgan fingerprint density at radius 3 is 1.60 bits per heavy atom. The molecule has 5 nitrogen and oxygen atoms in total. The Balaban J connectivity index is 1.26. The minimum atomic E-state index is 0.527. The van der Waals surface area contributed by atoms with Crippen molar-refractivity contribution in [1.29, 1.82) is 15.8 Å². The van der Waals surface area contributed by atoms with Gasteiger partial charge < -0.3 is 9.13 Å². The minimum Gasteiger partial charge on any atom is -0.309 e. The molecule has 9 aromatic rings. The van der Waals surface area contributed by atoms with Crippen molar-refractivity contribution < 1.29 is 0 Å². The molecule has 0 fully saturated rings. The van der Waals surface area contributed by atoms with Gasteiger partial charge in [-0.15, -0.1) is 0 Å². The zero-order valence-electron chi connectivity index (χ0n) is 26.7. The number of rotatable bonds is 4. The molecule has 230 valence electrons. The Bertz CT molecular complexity index is 2920. The molecule has 0 spiro atoms. The Kier molecular flexibility index (Phi) is 6.56. The summed E-state index contributed by atoms with van der Waals surface area (Å²) in [6.45, 7) is 0. The summed E-state index contributed by atoms with van der Waals surface area (Å²) in [5.41, 5.74) is 11.3. The molecule has 0 bridgehead atoms. The van der Waals surface area contributed by atoms with Crippen LogP contribution in [0, 0.1) is 34.0 Å². The van der Waals surface area contributed by atoms with Crippen LogP contribution in [0.5, 0.6) is 0 Å². The van der Waals surface area contributed by atoms with Gasteiger partial charge in [-0.05, 0) is 95.6 Å². The van der Waals surface area contributed by atoms with Gasteiger partial charge in [0.25, 0.3) is 0 Å². The maximum Gasteiger partial charge on any atom is 0.0992 e. The highest BCUT2D eigenvalue weighted by molar-refractivity contribution is 6.11. The van der Waals surface area contributed by atoms with E-state index in [1.165, 1.54) is 10.8 Å². The minimum absolute atomic E-state index is 0.527. The third kappa shape index (κ3) is 4.45. The first kappa shape index (κ1) is 28.8. The highest BCUT2D eigenvalue weighted by Crippen LogP contribution is 2.39. The fourth-order valence-electron chi connectivity index (χ4n) is 7.37. The third-order valence-corrected chi connectivity index (χ3v) is 9.56. The van der Waals surface area contributed by atoms with Gasteiger partial charge in [0.15, 0.2) is 0 Å². The average Bonchev–Trinajstić information content (AvgIpc) is 3.70. The fourth-order valence-corrected chi connectivity index (χ4v) is 7.37. The Morgan fingerprint density at radius 1 is 0.360 bits per heavy atom. The standard InChI is InChI=1S/C45H25N5/c46-26-29-17-19-44-40(22-29)39-12-3-6-15-43(39)50(44)45-23-30(27-47)16-18-36(45)34-21-31(28-48)20-33(24-34)32-8-7-9-35(25-32)49-41-13-4-1-10-37(41)38-11-2-5-14-42(38)49/h1-25H. The van der Waals surface area contributed by atoms with Crippen LogP contribution in [0.1, 0.15) is 16.7 Å². The Labute approximate surface area is 287 Å². The SMILES string of the molecule is N#Cc1cc(-c2cccc(-n3c4ccccc4c4ccccc43)c2)cc(-c2ccc(C#N)cc2-n2c3ccccc3c3cc(C#N)ccc32)c1. The molecule has 0 saturated carbocycles. The summed E-state index contributed by atoms with van der Waals surface area (Å²) in [7, 11) is 0. The van der Waals surface area contributed by atoms with Gasteiger partial charge in [-0.25, -0.2) is 0 Å². The summed E-state index contributed by atoms with van der Waals surface area (Å²) in [5, 5.41) is 34.3. The van der Waals surface area contributed by atoms with Gasteiger partial charge in [-0.1, -0.05) is 72.8 Å². The third-order valence-electron chi connectivity index (χ3n) is 9.56. The molecular formula is C45H25N5. The van der Waals surface area contributed by atoms with Crippen molar-refractivity contribution in [1.82, 2.24) is 9.13 Å². The smallest absolute Gasteiger partial charge is 0.0992 e. The quantitative estimate of drug-likeness (QED) is 0.193. The number of nitrogens with zero attached hydrogens (tertiary/aromatic N) is 5. The first-order valence-corrected chi connectivity index (χ1v) is 16.3. The molecule has 0 atom stereocenters. The molecule has 7 aromatic carbocycles. The van der Waals surface area contributed by atoms with Crippen LogP contribution >= 0.6 is 0 Å². The van der Waals surface area contributed by atoms with E-state index in [9.17, 15) is 15.8 Å². The number of aromatic nitrogens is 2. The van der Waals surface area contributed by atoms with Crippen molar-refractivity contribution in [2.75, 3.05) is 0 Å². The molecule has 9 rings (SSSR count). The van der Waals surface area contributed by atoms with E-state index in [1.54, 1.807) is 0 Å². The molecule has 0 saturated heterocycles. The summed E-state index contributed by atoms with van der Waals surface area (Å²) in [6, 6.07) is 57.8. The first-order valence-electron chi connectivity index (χ1n) is 16.3. The maximum atomic E-state index is 10.3. The van der Waals surface area contributed by atoms with E-state index >= 15 is 0 Å². The molecule has 0 aliphatic carbocycles. The fraction of sp³-hybridized carbons (Fsp3) is 0. The summed E-state index contributed by atoms with van der Waals surface area (Å²) in [6.07, 6.45) is 0. The Hall–Kier alpha value is -7.39. The predicted molar refractivity (Wildman–Crippen MR) is 200 cm³/mol. The normalized spacial score (nSPS) is 11.1. The van der Waals surface area contributed by atoms with Crippen molar-refractivity contribution in [3.8, 4) is 51.8 Å². The summed E-state index contributed by atoms with van der Waals surface area (Å²) in [5.74, 6) is 0. The van der Waals surface area contributed by atoms with E-state index in [2.05, 4.69) is 118 Å². The maximum absolute atomic E-state index is 10.3. The second-order valence-electron chi connectivity index (χ2n) is 12.4. The number of hydrogen-bond donors (Lipinski definition) is 0. The number of fused-ring (bicyclic) bond motifs is 6. The monoisotopic (exact) mass is 635 g/mol. The molecule has 0 N–H and O–H groups in total. The molecule has 50 heavy (non-hydrogen) atoms. The van der Waals surface area contributed by atoms with Crippen molar-refractivity contribution >= 4 is 43.6 Å². The van der Waals surface area contributed by atoms with E-state index in [-0.39, 0.29) is 0 Å². The first-order chi connectivity index (χ1) is 24.6. The molecular weight excluding hydrogens is 611 g/mol. The lowest BCUT2D eigenvalue weighted by molar-refractivity contribution is 1.18. The van der Waals surface area contributed by atoms with Gasteiger partial charge in [0.2, 0.25) is 0 Å². The van der Waals surface area contributed by atoms with Gasteiger partial charge in [0.05, 0.1) is 62.7 Å². The van der Waals surface area contributed by atoms with Crippen molar-refractivity contribution in [2.24, 2.45) is 0 Å². The van der Waals surface area contributed by atoms with Crippen LogP contribution in [0.2, 0.25) is 0 Å². The predicted octanol–water partition coefficient (Wildman–Crippen LogP) is 10.8. The van der Waals surface area contributed by atoms with Crippen LogP contribution < -0.4 is 0 Å². The van der Waals surface area contributed by atoms with E-state index in [0.29, 0.717) is 16.7 Å². The summed E-state index contributed by atoms with van der Waals surface area (Å²) >= 11 is 0. The van der Waals surface area contributed by atoms with E-state index in [1.807, 2.05) is 60.7 Å². The average molecular weight is 636 g/mol. The highest BCUT2D eigenvalue weighted by Gasteiger charge is 2.18. The van der Waals surface area contributed by atoms with Gasteiger partial charge in [0, 0.05) is 32.8 Å². The lowest BCUT2D eigenvalue weighted by Gasteiger charge is -2.16. The molecule has 0 amide bonds. The van der Waals surface area contributed by atoms with Crippen LogP contribution in [-0.4, -0.2) is 9.13 Å². The largest absolute Gasteiger partial charge is 0.309 e. The van der Waals surface area contributed by atoms with Crippen molar-refractivity contribution in [2.45, 2.75) is 0 Å². The van der Waals surface area contributed by atoms with Crippen LogP contribution in [0.4, 0.5) is 0 Å². The van der Waals surface area contributed by atoms with E-state index in [4.69, 9.17) is 0 Å². The zero-order chi connectivity index (χ0) is 33.8. The summed E-state index contributed by atoms with van der Waals surface area (Å²) in [4.78, 5) is 0. The molecule has 0 radical (unpaired) electrons. The van der Waals surface area contributed by atoms with Gasteiger partial charge in [-0.3, -0.25) is 0 Å². The zero-order valence-corrected chi connectivity index (χ0v) is 26.7. The molecule has 0 aliphatic heterocycles. The molecule has 2 heterocycles. The van der Waals surface area contributed by atoms with Crippen molar-refractivity contribution in [3.05, 3.63) is 168 Å². The molecule has 0 unspecified atom stereocenters. The lowest BCUT2D eigenvalue weighted by Crippen LogP contribution is -1.99. The number of hydrogen-bond acceptors (Lipinski definition) is 3. The summed E-state index contributed by atoms with van der Waals surface area (Å²) < 4.78 is 4.45. The molecule has 2 aromatic heterocycles. The van der Waals surface area contributed by atoms with E-state index in [0.717, 1.165) is 66.5 Å². The number of benzene rings is 7. The van der Waals surface area contributed by atoms with Crippen molar-refractivity contribution in [3.63, 3.8) is 0 Å². The van der Waals surface area contributed by atoms with Crippen LogP contribution in [0.15, 0.2) is 152 Å².